The zero-order chi connectivity index (χ0) is 14.2. The molecule has 4 nitrogen and oxygen atoms in total. The Balaban J connectivity index is 2.70. The number of nitrogens with zero attached hydrogens (tertiary/aromatic N) is 4. The molecule has 0 fully saturated rings. The van der Waals surface area contributed by atoms with Crippen LogP contribution in [0.5, 0.6) is 0 Å². The molecule has 0 saturated heterocycles. The zero-order valence-electron chi connectivity index (χ0n) is 10.2. The van der Waals surface area contributed by atoms with Gasteiger partial charge in [-0.3, -0.25) is 0 Å². The van der Waals surface area contributed by atoms with Crippen molar-refractivity contribution in [3.05, 3.63) is 40.3 Å². The molecule has 0 bridgehead atoms. The molecule has 2 aromatic rings. The number of halogens is 3. The first-order valence-electron chi connectivity index (χ1n) is 5.35. The molecule has 0 aliphatic carbocycles. The predicted octanol–water partition coefficient (Wildman–Crippen LogP) is 3.21. The second-order valence-electron chi connectivity index (χ2n) is 4.09. The number of alkyl halides is 2. The van der Waals surface area contributed by atoms with Gasteiger partial charge in [0.15, 0.2) is 11.5 Å². The topological polar surface area (TPSA) is 54.5 Å². The molecule has 0 atom stereocenters. The Morgan fingerprint density at radius 2 is 2.11 bits per heavy atom. The third kappa shape index (κ3) is 2.56. The summed E-state index contributed by atoms with van der Waals surface area (Å²) in [5, 5.41) is 12.8. The molecular formula is C12H9ClF2N4. The van der Waals surface area contributed by atoms with E-state index in [-0.39, 0.29) is 22.2 Å². The van der Waals surface area contributed by atoms with E-state index in [2.05, 4.69) is 10.1 Å². The van der Waals surface area contributed by atoms with Crippen LogP contribution in [0.4, 0.5) is 8.78 Å². The van der Waals surface area contributed by atoms with Gasteiger partial charge in [-0.25, -0.2) is 18.4 Å². The summed E-state index contributed by atoms with van der Waals surface area (Å²) in [6, 6.07) is 5.84. The van der Waals surface area contributed by atoms with Gasteiger partial charge in [0.05, 0.1) is 5.56 Å². The van der Waals surface area contributed by atoms with E-state index >= 15 is 0 Å². The fourth-order valence-electron chi connectivity index (χ4n) is 1.67. The van der Waals surface area contributed by atoms with Crippen molar-refractivity contribution in [2.75, 3.05) is 0 Å². The summed E-state index contributed by atoms with van der Waals surface area (Å²) >= 11 is 5.75. The highest BCUT2D eigenvalue weighted by molar-refractivity contribution is 6.29. The molecule has 0 radical (unpaired) electrons. The van der Waals surface area contributed by atoms with Crippen LogP contribution in [0.3, 0.4) is 0 Å². The number of hydrogen-bond donors (Lipinski definition) is 0. The van der Waals surface area contributed by atoms with E-state index in [4.69, 9.17) is 16.9 Å². The summed E-state index contributed by atoms with van der Waals surface area (Å²) < 4.78 is 28.3. The van der Waals surface area contributed by atoms with E-state index in [1.165, 1.54) is 22.9 Å². The van der Waals surface area contributed by atoms with Crippen molar-refractivity contribution in [2.24, 2.45) is 0 Å². The van der Waals surface area contributed by atoms with Crippen LogP contribution in [0.1, 0.15) is 23.9 Å². The van der Waals surface area contributed by atoms with Gasteiger partial charge in [-0.2, -0.15) is 10.4 Å². The van der Waals surface area contributed by atoms with Gasteiger partial charge in [0.25, 0.3) is 5.92 Å². The monoisotopic (exact) mass is 282 g/mol. The number of aromatic nitrogens is 3. The lowest BCUT2D eigenvalue weighted by Gasteiger charge is -2.15. The van der Waals surface area contributed by atoms with Gasteiger partial charge in [0, 0.05) is 12.6 Å². The Hall–Kier alpha value is -2.00. The molecule has 0 aliphatic heterocycles. The van der Waals surface area contributed by atoms with Crippen LogP contribution in [0.25, 0.3) is 5.82 Å². The summed E-state index contributed by atoms with van der Waals surface area (Å²) in [5.41, 5.74) is 0.356. The Bertz CT molecular complexity index is 667. The maximum Gasteiger partial charge on any atom is 0.274 e. The van der Waals surface area contributed by atoms with E-state index in [1.54, 1.807) is 6.92 Å². The lowest BCUT2D eigenvalue weighted by Crippen LogP contribution is -2.15. The molecule has 0 aliphatic rings. The van der Waals surface area contributed by atoms with E-state index in [0.717, 1.165) is 6.92 Å². The molecule has 98 valence electrons. The third-order valence-corrected chi connectivity index (χ3v) is 2.73. The molecule has 2 aromatic heterocycles. The fourth-order valence-corrected chi connectivity index (χ4v) is 1.82. The van der Waals surface area contributed by atoms with Gasteiger partial charge < -0.3 is 0 Å². The van der Waals surface area contributed by atoms with Crippen LogP contribution in [-0.2, 0) is 5.92 Å². The number of pyridine rings is 1. The van der Waals surface area contributed by atoms with Crippen molar-refractivity contribution in [3.63, 3.8) is 0 Å². The average molecular weight is 283 g/mol. The summed E-state index contributed by atoms with van der Waals surface area (Å²) in [5.74, 6) is -3.16. The fraction of sp³-hybridized carbons (Fsp3) is 0.250. The van der Waals surface area contributed by atoms with Crippen molar-refractivity contribution in [1.82, 2.24) is 14.8 Å². The highest BCUT2D eigenvalue weighted by atomic mass is 35.5. The Morgan fingerprint density at radius 1 is 1.42 bits per heavy atom. The van der Waals surface area contributed by atoms with Gasteiger partial charge in [-0.1, -0.05) is 11.6 Å². The summed E-state index contributed by atoms with van der Waals surface area (Å²) in [7, 11) is 0. The summed E-state index contributed by atoms with van der Waals surface area (Å²) in [6.45, 7) is 2.42. The molecule has 0 amide bonds. The number of rotatable bonds is 2. The van der Waals surface area contributed by atoms with Crippen molar-refractivity contribution in [3.8, 4) is 11.9 Å². The lowest BCUT2D eigenvalue weighted by atomic mass is 10.1. The molecule has 19 heavy (non-hydrogen) atoms. The second kappa shape index (κ2) is 4.59. The van der Waals surface area contributed by atoms with Crippen LogP contribution in [-0.4, -0.2) is 14.8 Å². The number of hydrogen-bond acceptors (Lipinski definition) is 3. The largest absolute Gasteiger partial charge is 0.274 e. The average Bonchev–Trinajstić information content (AvgIpc) is 2.68. The van der Waals surface area contributed by atoms with E-state index < -0.39 is 5.92 Å². The maximum absolute atomic E-state index is 13.6. The Kier molecular flexibility index (Phi) is 3.25. The Labute approximate surface area is 113 Å². The van der Waals surface area contributed by atoms with E-state index in [1.807, 2.05) is 6.07 Å². The first-order valence-corrected chi connectivity index (χ1v) is 5.72. The van der Waals surface area contributed by atoms with E-state index in [0.29, 0.717) is 5.69 Å². The minimum Gasteiger partial charge on any atom is -0.218 e. The van der Waals surface area contributed by atoms with Crippen LogP contribution in [0.2, 0.25) is 5.15 Å². The van der Waals surface area contributed by atoms with Crippen LogP contribution in [0, 0.1) is 18.3 Å². The standard InChI is InChI=1S/C12H9ClF2N4/c1-7-5-8(6-16)18-19(7)11-9(12(2,14)15)3-4-10(13)17-11/h3-5H,1-2H3. The molecule has 2 heterocycles. The van der Waals surface area contributed by atoms with Gasteiger partial charge in [0.1, 0.15) is 11.2 Å². The zero-order valence-corrected chi connectivity index (χ0v) is 10.9. The predicted molar refractivity (Wildman–Crippen MR) is 65.4 cm³/mol. The smallest absolute Gasteiger partial charge is 0.218 e. The van der Waals surface area contributed by atoms with Crippen molar-refractivity contribution in [1.29, 1.82) is 5.26 Å². The maximum atomic E-state index is 13.6. The SMILES string of the molecule is Cc1cc(C#N)nn1-c1nc(Cl)ccc1C(C)(F)F. The summed E-state index contributed by atoms with van der Waals surface area (Å²) in [6.07, 6.45) is 0. The first-order chi connectivity index (χ1) is 8.82. The number of nitriles is 1. The molecule has 0 N–H and O–H groups in total. The molecule has 0 unspecified atom stereocenters. The molecule has 0 saturated carbocycles. The van der Waals surface area contributed by atoms with Crippen molar-refractivity contribution >= 4 is 11.6 Å². The van der Waals surface area contributed by atoms with Gasteiger partial charge >= 0.3 is 0 Å². The van der Waals surface area contributed by atoms with Crippen molar-refractivity contribution in [2.45, 2.75) is 19.8 Å². The number of aryl methyl sites for hydroxylation is 1. The van der Waals surface area contributed by atoms with E-state index in [9.17, 15) is 8.78 Å². The molecule has 2 rings (SSSR count). The quantitative estimate of drug-likeness (QED) is 0.795. The second-order valence-corrected chi connectivity index (χ2v) is 4.48. The first kappa shape index (κ1) is 13.4. The molecule has 0 spiro atoms. The minimum absolute atomic E-state index is 0.0704. The third-order valence-electron chi connectivity index (χ3n) is 2.52. The normalized spacial score (nSPS) is 11.4. The van der Waals surface area contributed by atoms with Crippen LogP contribution >= 0.6 is 11.6 Å². The molecule has 0 aromatic carbocycles. The van der Waals surface area contributed by atoms with Gasteiger partial charge in [-0.05, 0) is 25.1 Å². The van der Waals surface area contributed by atoms with Gasteiger partial charge in [-0.15, -0.1) is 0 Å². The van der Waals surface area contributed by atoms with Crippen LogP contribution in [0.15, 0.2) is 18.2 Å². The molecule has 7 heteroatoms. The van der Waals surface area contributed by atoms with Crippen molar-refractivity contribution < 1.29 is 8.78 Å². The highest BCUT2D eigenvalue weighted by Crippen LogP contribution is 2.32. The summed E-state index contributed by atoms with van der Waals surface area (Å²) in [4.78, 5) is 3.89. The molecular weight excluding hydrogens is 274 g/mol. The highest BCUT2D eigenvalue weighted by Gasteiger charge is 2.30. The Morgan fingerprint density at radius 3 is 2.63 bits per heavy atom. The van der Waals surface area contributed by atoms with Crippen LogP contribution < -0.4 is 0 Å². The minimum atomic E-state index is -3.09. The lowest BCUT2D eigenvalue weighted by molar-refractivity contribution is 0.0170. The van der Waals surface area contributed by atoms with Gasteiger partial charge in [0.2, 0.25) is 0 Å².